The van der Waals surface area contributed by atoms with Crippen LogP contribution in [0.15, 0.2) is 0 Å². The van der Waals surface area contributed by atoms with Crippen LogP contribution >= 0.6 is 11.3 Å². The van der Waals surface area contributed by atoms with E-state index in [0.717, 1.165) is 5.32 Å². The third-order valence-corrected chi connectivity index (χ3v) is 7.46. The zero-order valence-corrected chi connectivity index (χ0v) is 20.4. The number of hydrogen-bond acceptors (Lipinski definition) is 3. The first-order valence-corrected chi connectivity index (χ1v) is 11.5. The predicted octanol–water partition coefficient (Wildman–Crippen LogP) is 8.08. The van der Waals surface area contributed by atoms with Crippen LogP contribution < -0.4 is 5.32 Å². The molecule has 0 spiro atoms. The van der Waals surface area contributed by atoms with Crippen LogP contribution in [-0.4, -0.2) is 53.5 Å². The minimum absolute atomic E-state index is 0.0348. The lowest BCUT2D eigenvalue weighted by Crippen LogP contribution is -2.75. The molecule has 234 valence electrons. The Morgan fingerprint density at radius 1 is 0.805 bits per heavy atom. The Balaban J connectivity index is 2.53. The van der Waals surface area contributed by atoms with E-state index in [9.17, 15) is 84.7 Å². The van der Waals surface area contributed by atoms with Crippen molar-refractivity contribution in [3.63, 3.8) is 0 Å². The van der Waals surface area contributed by atoms with Gasteiger partial charge in [-0.15, -0.1) is 11.3 Å². The van der Waals surface area contributed by atoms with Crippen molar-refractivity contribution in [3.05, 3.63) is 16.0 Å². The summed E-state index contributed by atoms with van der Waals surface area (Å²) in [4.78, 5) is 12.1. The molecule has 1 atom stereocenters. The lowest BCUT2D eigenvalue weighted by molar-refractivity contribution is -0.459. The number of carbonyl (C=O) groups is 1. The first kappa shape index (κ1) is 34.7. The number of hydrogen-bond donors (Lipinski definition) is 1. The first-order valence-electron chi connectivity index (χ1n) is 10.7. The van der Waals surface area contributed by atoms with Crippen LogP contribution in [0.1, 0.15) is 35.8 Å². The van der Waals surface area contributed by atoms with Gasteiger partial charge in [-0.05, 0) is 30.7 Å². The van der Waals surface area contributed by atoms with Crippen molar-refractivity contribution < 1.29 is 79.4 Å². The molecule has 1 heterocycles. The lowest BCUT2D eigenvalue weighted by Gasteiger charge is -2.42. The minimum Gasteiger partial charge on any atom is -0.311 e. The van der Waals surface area contributed by atoms with E-state index in [0.29, 0.717) is 24.2 Å². The second-order valence-electron chi connectivity index (χ2n) is 8.81. The van der Waals surface area contributed by atoms with Crippen molar-refractivity contribution in [2.45, 2.75) is 80.2 Å². The summed E-state index contributed by atoms with van der Waals surface area (Å²) >= 11 is 0.309. The molecule has 1 aliphatic rings. The van der Waals surface area contributed by atoms with Gasteiger partial charge in [-0.2, -0.15) is 79.9 Å². The van der Waals surface area contributed by atoms with Gasteiger partial charge in [0.1, 0.15) is 11.1 Å². The third kappa shape index (κ3) is 4.76. The predicted molar refractivity (Wildman–Crippen MR) is 104 cm³/mol. The van der Waals surface area contributed by atoms with Gasteiger partial charge in [0.05, 0.1) is 5.56 Å². The van der Waals surface area contributed by atoms with E-state index < -0.39 is 64.1 Å². The van der Waals surface area contributed by atoms with Crippen molar-refractivity contribution in [1.82, 2.24) is 0 Å². The van der Waals surface area contributed by atoms with Gasteiger partial charge < -0.3 is 5.32 Å². The van der Waals surface area contributed by atoms with Crippen molar-refractivity contribution in [2.75, 3.05) is 5.32 Å². The Kier molecular flexibility index (Phi) is 8.49. The third-order valence-electron chi connectivity index (χ3n) is 6.29. The highest BCUT2D eigenvalue weighted by molar-refractivity contribution is 7.16. The maximum absolute atomic E-state index is 14.2. The Hall–Kier alpha value is -2.53. The van der Waals surface area contributed by atoms with Gasteiger partial charge >= 0.3 is 53.5 Å². The van der Waals surface area contributed by atoms with Crippen LogP contribution in [0.25, 0.3) is 0 Å². The molecule has 1 aromatic heterocycles. The van der Waals surface area contributed by atoms with Crippen LogP contribution in [0.2, 0.25) is 0 Å². The molecule has 0 fully saturated rings. The number of thiophene rings is 1. The van der Waals surface area contributed by atoms with Gasteiger partial charge in [-0.25, -0.2) is 0 Å². The summed E-state index contributed by atoms with van der Waals surface area (Å²) in [7, 11) is 0. The topological polar surface area (TPSA) is 52.9 Å². The molecule has 0 bridgehead atoms. The van der Waals surface area contributed by atoms with E-state index in [1.807, 2.05) is 0 Å². The summed E-state index contributed by atoms with van der Waals surface area (Å²) < 4.78 is 228. The maximum Gasteiger partial charge on any atom is 0.460 e. The zero-order valence-electron chi connectivity index (χ0n) is 19.6. The molecule has 1 aromatic rings. The molecule has 0 aliphatic heterocycles. The number of nitriles is 1. The molecule has 1 aliphatic carbocycles. The largest absolute Gasteiger partial charge is 0.460 e. The number of carbonyl (C=O) groups excluding carboxylic acids is 1. The average Bonchev–Trinajstić information content (AvgIpc) is 3.18. The quantitative estimate of drug-likeness (QED) is 0.275. The molecule has 0 saturated carbocycles. The number of nitrogens with one attached hydrogen (secondary N) is 1. The molecule has 0 radical (unpaired) electrons. The SMILES string of the molecule is CCC1CCc2c(sc(NC(=O)C(F)(F)C(F)(F)C(F)(F)C(F)(F)C(F)(F)C(F)(F)C(F)(F)C(F)(F)F)c2C#N)C1. The van der Waals surface area contributed by atoms with Crippen LogP contribution in [-0.2, 0) is 17.6 Å². The fraction of sp³-hybridized carbons (Fsp3) is 0.700. The van der Waals surface area contributed by atoms with E-state index in [4.69, 9.17) is 0 Å². The smallest absolute Gasteiger partial charge is 0.311 e. The van der Waals surface area contributed by atoms with Gasteiger partial charge in [-0.1, -0.05) is 13.3 Å². The standard InChI is InChI=1S/C20H13F17N2OS/c1-2-7-3-4-8-9(6-38)11(41-10(8)5-7)39-12(40)13(21,22)14(23,24)15(25,26)16(27,28)17(29,30)18(31,32)19(33,34)20(35,36)37/h7H,2-5H2,1H3,(H,39,40). The monoisotopic (exact) mass is 652 g/mol. The maximum atomic E-state index is 14.2. The highest BCUT2D eigenvalue weighted by atomic mass is 32.1. The number of amides is 1. The number of rotatable bonds is 9. The minimum atomic E-state index is -8.78. The van der Waals surface area contributed by atoms with Crippen molar-refractivity contribution in [2.24, 2.45) is 5.92 Å². The van der Waals surface area contributed by atoms with Crippen molar-refractivity contribution in [1.29, 1.82) is 5.26 Å². The summed E-state index contributed by atoms with van der Waals surface area (Å²) in [6.45, 7) is 1.74. The van der Waals surface area contributed by atoms with Gasteiger partial charge in [-0.3, -0.25) is 4.79 Å². The number of anilines is 1. The van der Waals surface area contributed by atoms with Crippen LogP contribution in [0.4, 0.5) is 79.6 Å². The van der Waals surface area contributed by atoms with E-state index >= 15 is 0 Å². The molecule has 41 heavy (non-hydrogen) atoms. The first-order chi connectivity index (χ1) is 18.1. The molecular formula is C20H13F17N2OS. The van der Waals surface area contributed by atoms with Gasteiger partial charge in [0, 0.05) is 4.88 Å². The Labute approximate surface area is 221 Å². The Morgan fingerprint density at radius 3 is 1.66 bits per heavy atom. The molecular weight excluding hydrogens is 639 g/mol. The van der Waals surface area contributed by atoms with Crippen LogP contribution in [0.5, 0.6) is 0 Å². The van der Waals surface area contributed by atoms with Gasteiger partial charge in [0.2, 0.25) is 0 Å². The molecule has 21 heteroatoms. The second kappa shape index (κ2) is 10.0. The summed E-state index contributed by atoms with van der Waals surface area (Å²) in [5.41, 5.74) is -0.512. The van der Waals surface area contributed by atoms with Crippen LogP contribution in [0.3, 0.4) is 0 Å². The van der Waals surface area contributed by atoms with E-state index in [1.54, 1.807) is 6.92 Å². The van der Waals surface area contributed by atoms with E-state index in [2.05, 4.69) is 0 Å². The Morgan fingerprint density at radius 2 is 1.24 bits per heavy atom. The summed E-state index contributed by atoms with van der Waals surface area (Å²) in [6, 6.07) is 1.40. The molecule has 1 amide bonds. The Bertz CT molecular complexity index is 1210. The van der Waals surface area contributed by atoms with E-state index in [1.165, 1.54) is 6.07 Å². The molecule has 0 saturated heterocycles. The summed E-state index contributed by atoms with van der Waals surface area (Å²) in [6.07, 6.45) is -6.61. The number of alkyl halides is 17. The number of halogens is 17. The molecule has 0 aromatic carbocycles. The lowest BCUT2D eigenvalue weighted by atomic mass is 9.86. The second-order valence-corrected chi connectivity index (χ2v) is 9.91. The van der Waals surface area contributed by atoms with Crippen LogP contribution in [0, 0.1) is 17.2 Å². The summed E-state index contributed by atoms with van der Waals surface area (Å²) in [5, 5.41) is 9.13. The zero-order chi connectivity index (χ0) is 32.4. The highest BCUT2D eigenvalue weighted by Crippen LogP contribution is 2.64. The number of nitrogens with zero attached hydrogens (tertiary/aromatic N) is 1. The average molecular weight is 652 g/mol. The molecule has 2 rings (SSSR count). The van der Waals surface area contributed by atoms with Crippen molar-refractivity contribution in [3.8, 4) is 6.07 Å². The highest BCUT2D eigenvalue weighted by Gasteiger charge is 2.95. The van der Waals surface area contributed by atoms with Gasteiger partial charge in [0.15, 0.2) is 0 Å². The fourth-order valence-electron chi connectivity index (χ4n) is 3.70. The van der Waals surface area contributed by atoms with Crippen molar-refractivity contribution >= 4 is 22.2 Å². The number of fused-ring (bicyclic) bond motifs is 1. The molecule has 3 nitrogen and oxygen atoms in total. The molecule has 1 unspecified atom stereocenters. The molecule has 1 N–H and O–H groups in total. The van der Waals surface area contributed by atoms with Gasteiger partial charge in [0.25, 0.3) is 0 Å². The normalized spacial score (nSPS) is 18.1. The fourth-order valence-corrected chi connectivity index (χ4v) is 5.00. The summed E-state index contributed by atoms with van der Waals surface area (Å²) in [5.74, 6) is -62.1. The van der Waals surface area contributed by atoms with E-state index in [-0.39, 0.29) is 29.2 Å².